The van der Waals surface area contributed by atoms with Crippen LogP contribution in [0.4, 0.5) is 0 Å². The summed E-state index contributed by atoms with van der Waals surface area (Å²) in [6.07, 6.45) is 4.38. The van der Waals surface area contributed by atoms with Crippen LogP contribution in [0.3, 0.4) is 0 Å². The van der Waals surface area contributed by atoms with Crippen LogP contribution in [-0.4, -0.2) is 21.7 Å². The maximum Gasteiger partial charge on any atom is 0.248 e. The number of imide groups is 1. The van der Waals surface area contributed by atoms with Gasteiger partial charge in [0.15, 0.2) is 0 Å². The number of rotatable bonds is 2. The summed E-state index contributed by atoms with van der Waals surface area (Å²) in [7, 11) is 0. The molecule has 1 aromatic rings. The molecule has 1 saturated heterocycles. The molecular weight excluding hydrogens is 228 g/mol. The lowest BCUT2D eigenvalue weighted by Gasteiger charge is -2.29. The first-order valence-corrected chi connectivity index (χ1v) is 5.40. The predicted molar refractivity (Wildman–Crippen MR) is 58.9 cm³/mol. The first-order valence-electron chi connectivity index (χ1n) is 5.02. The molecule has 0 radical (unpaired) electrons. The van der Waals surface area contributed by atoms with Gasteiger partial charge in [-0.15, -0.1) is 11.6 Å². The van der Waals surface area contributed by atoms with Crippen molar-refractivity contribution in [3.63, 3.8) is 0 Å². The predicted octanol–water partition coefficient (Wildman–Crippen LogP) is 1.04. The van der Waals surface area contributed by atoms with Crippen molar-refractivity contribution >= 4 is 23.4 Å². The number of carbonyl (C=O) groups excluding carboxylic acids is 2. The normalized spacial score (nSPS) is 25.3. The number of aromatic nitrogens is 1. The first kappa shape index (κ1) is 11.1. The van der Waals surface area contributed by atoms with Crippen LogP contribution in [-0.2, 0) is 16.0 Å². The van der Waals surface area contributed by atoms with Gasteiger partial charge in [0.05, 0.1) is 0 Å². The number of hydrogen-bond acceptors (Lipinski definition) is 3. The molecule has 0 spiro atoms. The lowest BCUT2D eigenvalue weighted by atomic mass is 9.91. The number of hydrogen-bond donors (Lipinski definition) is 1. The van der Waals surface area contributed by atoms with Crippen molar-refractivity contribution in [2.45, 2.75) is 24.1 Å². The van der Waals surface area contributed by atoms with Crippen molar-refractivity contribution in [3.05, 3.63) is 30.1 Å². The molecular formula is C11H11ClN2O2. The van der Waals surface area contributed by atoms with Gasteiger partial charge in [0.1, 0.15) is 4.87 Å². The molecule has 0 bridgehead atoms. The molecule has 1 aliphatic rings. The Kier molecular flexibility index (Phi) is 2.92. The number of nitrogens with zero attached hydrogens (tertiary/aromatic N) is 1. The molecule has 2 rings (SSSR count). The van der Waals surface area contributed by atoms with Gasteiger partial charge in [0.2, 0.25) is 11.8 Å². The van der Waals surface area contributed by atoms with Gasteiger partial charge in [-0.25, -0.2) is 0 Å². The van der Waals surface area contributed by atoms with E-state index in [2.05, 4.69) is 10.3 Å². The molecule has 84 valence electrons. The van der Waals surface area contributed by atoms with Gasteiger partial charge in [-0.3, -0.25) is 19.9 Å². The van der Waals surface area contributed by atoms with E-state index < -0.39 is 10.8 Å². The summed E-state index contributed by atoms with van der Waals surface area (Å²) < 4.78 is 0. The van der Waals surface area contributed by atoms with Crippen molar-refractivity contribution < 1.29 is 9.59 Å². The van der Waals surface area contributed by atoms with Gasteiger partial charge in [-0.05, 0) is 18.1 Å². The molecule has 1 fully saturated rings. The fourth-order valence-corrected chi connectivity index (χ4v) is 2.02. The maximum atomic E-state index is 11.6. The number of pyridine rings is 1. The number of piperidine rings is 1. The third-order valence-electron chi connectivity index (χ3n) is 2.62. The summed E-state index contributed by atoms with van der Waals surface area (Å²) in [5.74, 6) is -0.665. The monoisotopic (exact) mass is 238 g/mol. The molecule has 1 aliphatic heterocycles. The van der Waals surface area contributed by atoms with E-state index in [9.17, 15) is 9.59 Å². The minimum Gasteiger partial charge on any atom is -0.295 e. The minimum atomic E-state index is -1.02. The lowest BCUT2D eigenvalue weighted by Crippen LogP contribution is -2.51. The van der Waals surface area contributed by atoms with Crippen LogP contribution in [0.2, 0.25) is 0 Å². The smallest absolute Gasteiger partial charge is 0.248 e. The highest BCUT2D eigenvalue weighted by atomic mass is 35.5. The fraction of sp³-hybridized carbons (Fsp3) is 0.364. The minimum absolute atomic E-state index is 0.257. The Hall–Kier alpha value is -1.42. The molecule has 16 heavy (non-hydrogen) atoms. The van der Waals surface area contributed by atoms with Gasteiger partial charge in [0, 0.05) is 25.2 Å². The highest BCUT2D eigenvalue weighted by molar-refractivity contribution is 6.36. The standard InChI is InChI=1S/C11H11ClN2O2/c12-11(4-3-9(15)14-10(11)16)6-8-2-1-5-13-7-8/h1-2,5,7H,3-4,6H2,(H,14,15,16). The molecule has 0 aromatic carbocycles. The van der Waals surface area contributed by atoms with Crippen LogP contribution < -0.4 is 5.32 Å². The molecule has 2 amide bonds. The number of halogens is 1. The molecule has 1 N–H and O–H groups in total. The van der Waals surface area contributed by atoms with E-state index in [-0.39, 0.29) is 12.3 Å². The third kappa shape index (κ3) is 2.22. The summed E-state index contributed by atoms with van der Waals surface area (Å²) in [5.41, 5.74) is 0.891. The zero-order valence-corrected chi connectivity index (χ0v) is 9.33. The van der Waals surface area contributed by atoms with Gasteiger partial charge >= 0.3 is 0 Å². The van der Waals surface area contributed by atoms with Crippen LogP contribution in [0.1, 0.15) is 18.4 Å². The lowest BCUT2D eigenvalue weighted by molar-refractivity contribution is -0.135. The van der Waals surface area contributed by atoms with Gasteiger partial charge in [0.25, 0.3) is 0 Å². The zero-order valence-electron chi connectivity index (χ0n) is 8.57. The number of amides is 2. The Morgan fingerprint density at radius 3 is 2.94 bits per heavy atom. The van der Waals surface area contributed by atoms with Gasteiger partial charge in [-0.2, -0.15) is 0 Å². The Labute approximate surface area is 98.0 Å². The van der Waals surface area contributed by atoms with E-state index in [1.54, 1.807) is 18.5 Å². The summed E-state index contributed by atoms with van der Waals surface area (Å²) in [6, 6.07) is 3.66. The fourth-order valence-electron chi connectivity index (χ4n) is 1.72. The van der Waals surface area contributed by atoms with Crippen LogP contribution in [0.15, 0.2) is 24.5 Å². The summed E-state index contributed by atoms with van der Waals surface area (Å²) in [4.78, 5) is 25.6. The van der Waals surface area contributed by atoms with E-state index in [4.69, 9.17) is 11.6 Å². The van der Waals surface area contributed by atoms with Crippen molar-refractivity contribution in [2.75, 3.05) is 0 Å². The van der Waals surface area contributed by atoms with E-state index in [0.717, 1.165) is 5.56 Å². The van der Waals surface area contributed by atoms with E-state index in [0.29, 0.717) is 12.8 Å². The Bertz CT molecular complexity index is 421. The average Bonchev–Trinajstić information content (AvgIpc) is 2.26. The molecule has 1 aromatic heterocycles. The van der Waals surface area contributed by atoms with Gasteiger partial charge < -0.3 is 0 Å². The maximum absolute atomic E-state index is 11.6. The third-order valence-corrected chi connectivity index (χ3v) is 3.11. The highest BCUT2D eigenvalue weighted by Gasteiger charge is 2.40. The quantitative estimate of drug-likeness (QED) is 0.619. The Morgan fingerprint density at radius 1 is 1.50 bits per heavy atom. The number of nitrogens with one attached hydrogen (secondary N) is 1. The molecule has 0 aliphatic carbocycles. The zero-order chi connectivity index (χ0) is 11.6. The SMILES string of the molecule is O=C1CCC(Cl)(Cc2cccnc2)C(=O)N1. The van der Waals surface area contributed by atoms with E-state index in [1.165, 1.54) is 0 Å². The second kappa shape index (κ2) is 4.22. The molecule has 1 atom stereocenters. The second-order valence-electron chi connectivity index (χ2n) is 3.88. The number of alkyl halides is 1. The van der Waals surface area contributed by atoms with Gasteiger partial charge in [-0.1, -0.05) is 6.07 Å². The molecule has 1 unspecified atom stereocenters. The molecule has 2 heterocycles. The van der Waals surface area contributed by atoms with E-state index in [1.807, 2.05) is 6.07 Å². The van der Waals surface area contributed by atoms with Crippen LogP contribution >= 0.6 is 11.6 Å². The summed E-state index contributed by atoms with van der Waals surface area (Å²) in [6.45, 7) is 0. The summed E-state index contributed by atoms with van der Waals surface area (Å²) >= 11 is 6.23. The molecule has 4 nitrogen and oxygen atoms in total. The first-order chi connectivity index (χ1) is 7.60. The molecule has 5 heteroatoms. The van der Waals surface area contributed by atoms with E-state index >= 15 is 0 Å². The number of carbonyl (C=O) groups is 2. The van der Waals surface area contributed by atoms with Crippen molar-refractivity contribution in [3.8, 4) is 0 Å². The van der Waals surface area contributed by atoms with Crippen molar-refractivity contribution in [1.29, 1.82) is 0 Å². The second-order valence-corrected chi connectivity index (χ2v) is 4.60. The summed E-state index contributed by atoms with van der Waals surface area (Å²) in [5, 5.41) is 2.26. The topological polar surface area (TPSA) is 59.1 Å². The molecule has 0 saturated carbocycles. The Morgan fingerprint density at radius 2 is 2.31 bits per heavy atom. The Balaban J connectivity index is 2.14. The average molecular weight is 239 g/mol. The van der Waals surface area contributed by atoms with Crippen molar-refractivity contribution in [2.24, 2.45) is 0 Å². The largest absolute Gasteiger partial charge is 0.295 e. The van der Waals surface area contributed by atoms with Crippen LogP contribution in [0.25, 0.3) is 0 Å². The van der Waals surface area contributed by atoms with Crippen LogP contribution in [0, 0.1) is 0 Å². The van der Waals surface area contributed by atoms with Crippen LogP contribution in [0.5, 0.6) is 0 Å². The van der Waals surface area contributed by atoms with Crippen molar-refractivity contribution in [1.82, 2.24) is 10.3 Å². The highest BCUT2D eigenvalue weighted by Crippen LogP contribution is 2.29.